The standard InChI is InChI=1S/C20H16FN5OS2/c21-10-18-22-15(12-29-18)19-24-23-17-11-25(7-8-26(17)19)20(27)14-5-3-13(4-6-14)16-2-1-9-28-16/h1-6,9,12H,7-8,10-11H2. The average Bonchev–Trinajstić information content (AvgIpc) is 3.53. The van der Waals surface area contributed by atoms with Crippen molar-refractivity contribution in [3.63, 3.8) is 0 Å². The molecule has 5 rings (SSSR count). The van der Waals surface area contributed by atoms with Crippen LogP contribution in [0.15, 0.2) is 47.2 Å². The van der Waals surface area contributed by atoms with Crippen molar-refractivity contribution in [2.75, 3.05) is 6.54 Å². The number of amides is 1. The van der Waals surface area contributed by atoms with Crippen LogP contribution < -0.4 is 0 Å². The van der Waals surface area contributed by atoms with Crippen LogP contribution in [0.1, 0.15) is 21.2 Å². The van der Waals surface area contributed by atoms with Crippen molar-refractivity contribution in [2.45, 2.75) is 19.8 Å². The zero-order valence-electron chi connectivity index (χ0n) is 15.3. The van der Waals surface area contributed by atoms with E-state index in [1.165, 1.54) is 16.2 Å². The SMILES string of the molecule is O=C(c1ccc(-c2cccs2)cc1)N1CCn2c(nnc2-c2csc(CF)n2)C1. The molecule has 1 aliphatic rings. The molecular weight excluding hydrogens is 409 g/mol. The summed E-state index contributed by atoms with van der Waals surface area (Å²) in [7, 11) is 0. The van der Waals surface area contributed by atoms with Crippen molar-refractivity contribution >= 4 is 28.6 Å². The first-order valence-corrected chi connectivity index (χ1v) is 10.8. The van der Waals surface area contributed by atoms with E-state index in [1.807, 2.05) is 40.3 Å². The van der Waals surface area contributed by atoms with Gasteiger partial charge in [-0.25, -0.2) is 9.37 Å². The maximum atomic E-state index is 12.9. The van der Waals surface area contributed by atoms with E-state index in [4.69, 9.17) is 0 Å². The average molecular weight is 426 g/mol. The molecule has 0 saturated heterocycles. The number of carbonyl (C=O) groups excluding carboxylic acids is 1. The minimum Gasteiger partial charge on any atom is -0.329 e. The molecule has 0 N–H and O–H groups in total. The molecule has 146 valence electrons. The molecule has 0 bridgehead atoms. The zero-order chi connectivity index (χ0) is 19.8. The van der Waals surface area contributed by atoms with Crippen molar-refractivity contribution in [1.29, 1.82) is 0 Å². The van der Waals surface area contributed by atoms with Gasteiger partial charge < -0.3 is 9.47 Å². The second kappa shape index (κ2) is 7.49. The van der Waals surface area contributed by atoms with Gasteiger partial charge in [0.25, 0.3) is 5.91 Å². The largest absolute Gasteiger partial charge is 0.329 e. The third kappa shape index (κ3) is 3.36. The van der Waals surface area contributed by atoms with Gasteiger partial charge >= 0.3 is 0 Å². The van der Waals surface area contributed by atoms with Crippen LogP contribution in [0.4, 0.5) is 4.39 Å². The maximum absolute atomic E-state index is 12.9. The number of alkyl halides is 1. The van der Waals surface area contributed by atoms with Crippen molar-refractivity contribution < 1.29 is 9.18 Å². The number of hydrogen-bond donors (Lipinski definition) is 0. The van der Waals surface area contributed by atoms with Crippen LogP contribution in [0.3, 0.4) is 0 Å². The number of thiophene rings is 1. The van der Waals surface area contributed by atoms with E-state index >= 15 is 0 Å². The molecule has 0 unspecified atom stereocenters. The summed E-state index contributed by atoms with van der Waals surface area (Å²) < 4.78 is 14.7. The fourth-order valence-corrected chi connectivity index (χ4v) is 4.75. The maximum Gasteiger partial charge on any atom is 0.254 e. The Hall–Kier alpha value is -2.91. The molecule has 6 nitrogen and oxygen atoms in total. The van der Waals surface area contributed by atoms with E-state index < -0.39 is 6.67 Å². The second-order valence-corrected chi connectivity index (χ2v) is 8.52. The van der Waals surface area contributed by atoms with Crippen molar-refractivity contribution in [3.05, 3.63) is 63.6 Å². The van der Waals surface area contributed by atoms with Crippen LogP contribution in [0, 0.1) is 0 Å². The van der Waals surface area contributed by atoms with Gasteiger partial charge in [0.2, 0.25) is 0 Å². The summed E-state index contributed by atoms with van der Waals surface area (Å²) in [5.74, 6) is 1.32. The number of aromatic nitrogens is 4. The Morgan fingerprint density at radius 3 is 2.69 bits per heavy atom. The highest BCUT2D eigenvalue weighted by Gasteiger charge is 2.26. The quantitative estimate of drug-likeness (QED) is 0.490. The van der Waals surface area contributed by atoms with Gasteiger partial charge in [0.05, 0.1) is 6.54 Å². The Morgan fingerprint density at radius 1 is 1.10 bits per heavy atom. The van der Waals surface area contributed by atoms with Gasteiger partial charge in [-0.1, -0.05) is 18.2 Å². The Bertz CT molecular complexity index is 1150. The molecule has 0 aliphatic carbocycles. The lowest BCUT2D eigenvalue weighted by Crippen LogP contribution is -2.38. The monoisotopic (exact) mass is 425 g/mol. The summed E-state index contributed by atoms with van der Waals surface area (Å²) in [5, 5.41) is 12.7. The van der Waals surface area contributed by atoms with Gasteiger partial charge in [0.1, 0.15) is 17.4 Å². The summed E-state index contributed by atoms with van der Waals surface area (Å²) in [6, 6.07) is 11.8. The van der Waals surface area contributed by atoms with E-state index in [9.17, 15) is 9.18 Å². The molecule has 9 heteroatoms. The lowest BCUT2D eigenvalue weighted by molar-refractivity contribution is 0.0708. The highest BCUT2D eigenvalue weighted by molar-refractivity contribution is 7.13. The minimum absolute atomic E-state index is 0.0214. The van der Waals surface area contributed by atoms with Crippen LogP contribution in [0.25, 0.3) is 22.0 Å². The molecule has 0 saturated carbocycles. The molecule has 0 spiro atoms. The number of carbonyl (C=O) groups is 1. The Balaban J connectivity index is 1.34. The molecular formula is C20H16FN5OS2. The van der Waals surface area contributed by atoms with Crippen LogP contribution in [-0.2, 0) is 19.8 Å². The van der Waals surface area contributed by atoms with Crippen LogP contribution in [-0.4, -0.2) is 37.1 Å². The lowest BCUT2D eigenvalue weighted by Gasteiger charge is -2.27. The van der Waals surface area contributed by atoms with E-state index in [0.29, 0.717) is 47.5 Å². The number of halogens is 1. The smallest absolute Gasteiger partial charge is 0.254 e. The number of fused-ring (bicyclic) bond motifs is 1. The summed E-state index contributed by atoms with van der Waals surface area (Å²) in [6.45, 7) is 0.945. The second-order valence-electron chi connectivity index (χ2n) is 6.63. The summed E-state index contributed by atoms with van der Waals surface area (Å²) in [6.07, 6.45) is 0. The van der Waals surface area contributed by atoms with Gasteiger partial charge in [-0.2, -0.15) is 0 Å². The summed E-state index contributed by atoms with van der Waals surface area (Å²) in [4.78, 5) is 20.2. The molecule has 0 atom stereocenters. The van der Waals surface area contributed by atoms with E-state index in [2.05, 4.69) is 21.2 Å². The van der Waals surface area contributed by atoms with Crippen molar-refractivity contribution in [3.8, 4) is 22.0 Å². The van der Waals surface area contributed by atoms with Crippen LogP contribution >= 0.6 is 22.7 Å². The van der Waals surface area contributed by atoms with Crippen LogP contribution in [0.5, 0.6) is 0 Å². The predicted octanol–water partition coefficient (Wildman–Crippen LogP) is 4.26. The van der Waals surface area contributed by atoms with E-state index in [1.54, 1.807) is 21.6 Å². The zero-order valence-corrected chi connectivity index (χ0v) is 16.9. The molecule has 0 fully saturated rings. The van der Waals surface area contributed by atoms with E-state index in [0.717, 1.165) is 5.56 Å². The molecule has 1 aliphatic heterocycles. The molecule has 29 heavy (non-hydrogen) atoms. The molecule has 4 aromatic rings. The molecule has 1 amide bonds. The Labute approximate surface area is 174 Å². The molecule has 4 heterocycles. The predicted molar refractivity (Wildman–Crippen MR) is 110 cm³/mol. The number of rotatable bonds is 4. The van der Waals surface area contributed by atoms with Gasteiger partial charge in [-0.15, -0.1) is 32.9 Å². The summed E-state index contributed by atoms with van der Waals surface area (Å²) >= 11 is 2.95. The number of benzene rings is 1. The fourth-order valence-electron chi connectivity index (χ4n) is 3.40. The Morgan fingerprint density at radius 2 is 1.97 bits per heavy atom. The first kappa shape index (κ1) is 18.1. The van der Waals surface area contributed by atoms with Gasteiger partial charge in [-0.3, -0.25) is 4.79 Å². The number of nitrogens with zero attached hydrogens (tertiary/aromatic N) is 5. The molecule has 1 aromatic carbocycles. The number of thiazole rings is 1. The van der Waals surface area contributed by atoms with Crippen LogP contribution in [0.2, 0.25) is 0 Å². The summed E-state index contributed by atoms with van der Waals surface area (Å²) in [5.41, 5.74) is 2.39. The van der Waals surface area contributed by atoms with Gasteiger partial charge in [0, 0.05) is 28.9 Å². The van der Waals surface area contributed by atoms with Crippen molar-refractivity contribution in [1.82, 2.24) is 24.6 Å². The van der Waals surface area contributed by atoms with Gasteiger partial charge in [0.15, 0.2) is 11.6 Å². The molecule has 3 aromatic heterocycles. The molecule has 0 radical (unpaired) electrons. The van der Waals surface area contributed by atoms with Gasteiger partial charge in [-0.05, 0) is 29.1 Å². The topological polar surface area (TPSA) is 63.9 Å². The first-order chi connectivity index (χ1) is 14.2. The third-order valence-corrected chi connectivity index (χ3v) is 6.61. The first-order valence-electron chi connectivity index (χ1n) is 9.09. The highest BCUT2D eigenvalue weighted by Crippen LogP contribution is 2.27. The fraction of sp³-hybridized carbons (Fsp3) is 0.200. The third-order valence-electron chi connectivity index (χ3n) is 4.87. The lowest BCUT2D eigenvalue weighted by atomic mass is 10.1. The normalized spacial score (nSPS) is 13.5. The Kier molecular flexibility index (Phi) is 4.69. The number of hydrogen-bond acceptors (Lipinski definition) is 6. The minimum atomic E-state index is -0.584. The van der Waals surface area contributed by atoms with E-state index in [-0.39, 0.29) is 5.91 Å². The van der Waals surface area contributed by atoms with Crippen molar-refractivity contribution in [2.24, 2.45) is 0 Å². The highest BCUT2D eigenvalue weighted by atomic mass is 32.1.